The van der Waals surface area contributed by atoms with E-state index < -0.39 is 18.0 Å². The van der Waals surface area contributed by atoms with Gasteiger partial charge in [-0.05, 0) is 78.1 Å². The number of carbonyl (C=O) groups is 3. The van der Waals surface area contributed by atoms with Crippen molar-refractivity contribution in [1.29, 1.82) is 0 Å². The lowest BCUT2D eigenvalue weighted by molar-refractivity contribution is -0.138. The first-order chi connectivity index (χ1) is 21.3. The Morgan fingerprint density at radius 1 is 0.977 bits per heavy atom. The van der Waals surface area contributed by atoms with Crippen LogP contribution in [0.25, 0.3) is 0 Å². The van der Waals surface area contributed by atoms with Crippen LogP contribution in [0.5, 0.6) is 11.5 Å². The molecule has 0 aromatic heterocycles. The van der Waals surface area contributed by atoms with Crippen LogP contribution in [-0.4, -0.2) is 67.8 Å². The molecule has 1 aliphatic heterocycles. The summed E-state index contributed by atoms with van der Waals surface area (Å²) in [6, 6.07) is 23.5. The Hall–Kier alpha value is -4.21. The van der Waals surface area contributed by atoms with Crippen molar-refractivity contribution in [2.45, 2.75) is 56.4 Å². The van der Waals surface area contributed by atoms with Crippen LogP contribution in [0.2, 0.25) is 0 Å². The number of fused-ring (bicyclic) bond motifs is 1. The lowest BCUT2D eigenvalue weighted by Crippen LogP contribution is -2.34. The van der Waals surface area contributed by atoms with Crippen LogP contribution >= 0.6 is 0 Å². The Kier molecular flexibility index (Phi) is 11.9. The molecule has 1 saturated heterocycles. The fourth-order valence-electron chi connectivity index (χ4n) is 5.91. The highest BCUT2D eigenvalue weighted by Gasteiger charge is 2.32. The Morgan fingerprint density at radius 2 is 1.68 bits per heavy atom. The number of rotatable bonds is 11. The molecule has 9 heteroatoms. The molecule has 44 heavy (non-hydrogen) atoms. The molecular weight excluding hydrogens is 560 g/mol. The minimum atomic E-state index is -1.00. The summed E-state index contributed by atoms with van der Waals surface area (Å²) in [6.45, 7) is 1.87. The van der Waals surface area contributed by atoms with Crippen LogP contribution in [0.1, 0.15) is 66.2 Å². The molecule has 0 bridgehead atoms. The van der Waals surface area contributed by atoms with E-state index in [2.05, 4.69) is 41.1 Å². The quantitative estimate of drug-likeness (QED) is 0.234. The summed E-state index contributed by atoms with van der Waals surface area (Å²) in [4.78, 5) is 37.0. The summed E-state index contributed by atoms with van der Waals surface area (Å²) < 4.78 is 15.7. The van der Waals surface area contributed by atoms with E-state index in [1.807, 2.05) is 35.2 Å². The number of benzene rings is 3. The number of hydrogen-bond donors (Lipinski definition) is 2. The van der Waals surface area contributed by atoms with Crippen LogP contribution in [0.3, 0.4) is 0 Å². The average Bonchev–Trinajstić information content (AvgIpc) is 3.44. The molecule has 1 amide bonds. The third-order valence-corrected chi connectivity index (χ3v) is 8.04. The molecule has 1 heterocycles. The number of carboxylic acids is 1. The van der Waals surface area contributed by atoms with Crippen molar-refractivity contribution in [2.24, 2.45) is 5.73 Å². The van der Waals surface area contributed by atoms with Crippen molar-refractivity contribution in [3.63, 3.8) is 0 Å². The fourth-order valence-corrected chi connectivity index (χ4v) is 5.91. The number of carbonyl (C=O) groups excluding carboxylic acids is 2. The highest BCUT2D eigenvalue weighted by Crippen LogP contribution is 2.47. The van der Waals surface area contributed by atoms with Gasteiger partial charge in [0.25, 0.3) is 0 Å². The zero-order chi connectivity index (χ0) is 31.5. The fraction of sp³-hybridized carbons (Fsp3) is 0.400. The monoisotopic (exact) mass is 602 g/mol. The number of amides is 1. The first kappa shape index (κ1) is 32.7. The molecule has 3 atom stereocenters. The molecule has 1 aliphatic carbocycles. The second-order valence-corrected chi connectivity index (χ2v) is 11.2. The van der Waals surface area contributed by atoms with Crippen molar-refractivity contribution in [1.82, 2.24) is 4.90 Å². The van der Waals surface area contributed by atoms with Crippen molar-refractivity contribution in [3.8, 4) is 11.5 Å². The van der Waals surface area contributed by atoms with E-state index in [-0.39, 0.29) is 30.6 Å². The Morgan fingerprint density at radius 3 is 2.34 bits per heavy atom. The zero-order valence-electron chi connectivity index (χ0n) is 25.4. The molecule has 1 fully saturated rings. The van der Waals surface area contributed by atoms with E-state index in [1.165, 1.54) is 16.7 Å². The van der Waals surface area contributed by atoms with Gasteiger partial charge in [0.2, 0.25) is 5.91 Å². The largest absolute Gasteiger partial charge is 0.492 e. The summed E-state index contributed by atoms with van der Waals surface area (Å²) in [5, 5.41) is 8.86. The summed E-state index contributed by atoms with van der Waals surface area (Å²) in [7, 11) is 3.25. The molecule has 3 aromatic rings. The van der Waals surface area contributed by atoms with Gasteiger partial charge in [0.05, 0.1) is 6.54 Å². The minimum absolute atomic E-state index is 0.0238. The third kappa shape index (κ3) is 8.67. The van der Waals surface area contributed by atoms with Crippen molar-refractivity contribution >= 4 is 17.8 Å². The van der Waals surface area contributed by atoms with Gasteiger partial charge in [-0.1, -0.05) is 48.5 Å². The normalized spacial score (nSPS) is 18.1. The van der Waals surface area contributed by atoms with Crippen molar-refractivity contribution in [2.75, 3.05) is 33.9 Å². The van der Waals surface area contributed by atoms with Gasteiger partial charge in [-0.25, -0.2) is 4.79 Å². The average molecular weight is 603 g/mol. The zero-order valence-corrected chi connectivity index (χ0v) is 25.4. The number of aryl methyl sites for hydroxylation is 1. The molecule has 0 unspecified atom stereocenters. The van der Waals surface area contributed by atoms with E-state index >= 15 is 0 Å². The number of aliphatic carboxylic acids is 1. The van der Waals surface area contributed by atoms with Gasteiger partial charge in [0.15, 0.2) is 0 Å². The molecule has 3 aromatic carbocycles. The summed E-state index contributed by atoms with van der Waals surface area (Å²) in [5.41, 5.74) is 10.6. The van der Waals surface area contributed by atoms with Crippen molar-refractivity contribution in [3.05, 3.63) is 95.1 Å². The molecule has 3 N–H and O–H groups in total. The molecule has 2 aliphatic rings. The first-order valence-corrected chi connectivity index (χ1v) is 15.1. The third-order valence-electron chi connectivity index (χ3n) is 8.04. The molecule has 234 valence electrons. The van der Waals surface area contributed by atoms with Gasteiger partial charge in [-0.2, -0.15) is 0 Å². The number of carboxylic acid groups (broad SMARTS) is 1. The lowest BCUT2D eigenvalue weighted by Gasteiger charge is -2.35. The number of nitrogens with two attached hydrogens (primary N) is 1. The molecular formula is C35H42N2O7. The van der Waals surface area contributed by atoms with E-state index in [0.717, 1.165) is 37.1 Å². The number of hydrogen-bond acceptors (Lipinski definition) is 7. The Bertz CT molecular complexity index is 1390. The highest BCUT2D eigenvalue weighted by atomic mass is 16.5. The van der Waals surface area contributed by atoms with Gasteiger partial charge in [-0.3, -0.25) is 9.59 Å². The summed E-state index contributed by atoms with van der Waals surface area (Å²) >= 11 is 0. The molecule has 9 nitrogen and oxygen atoms in total. The van der Waals surface area contributed by atoms with Crippen LogP contribution < -0.4 is 15.2 Å². The van der Waals surface area contributed by atoms with Crippen LogP contribution in [-0.2, 0) is 25.5 Å². The van der Waals surface area contributed by atoms with Crippen LogP contribution in [0.15, 0.2) is 72.8 Å². The summed E-state index contributed by atoms with van der Waals surface area (Å²) in [6.07, 6.45) is 3.15. The van der Waals surface area contributed by atoms with Gasteiger partial charge in [0, 0.05) is 39.5 Å². The standard InChI is InChI=1S/C33H36N2O6.C2H6O/c34-29(16-17-31(37)38)33(39)41-26-13-15-28-24(21-26)10-14-27(22-5-2-1-3-6-22)32(28)23-8-11-25(12-9-23)40-20-19-35-18-4-7-30(35)36;1-3-2/h1-3,5-6,8-9,11-13,15,21,27,29,32H,4,7,10,14,16-20,34H2,(H,37,38);1-2H3/t27-,29+,32+;/m1./s1. The maximum absolute atomic E-state index is 12.4. The van der Waals surface area contributed by atoms with Gasteiger partial charge in [-0.15, -0.1) is 0 Å². The van der Waals surface area contributed by atoms with Gasteiger partial charge < -0.3 is 30.0 Å². The SMILES string of the molecule is COC.N[C@@H](CCC(=O)O)C(=O)Oc1ccc2c(c1)CC[C@H](c1ccccc1)[C@@H]2c1ccc(OCCN2CCCC2=O)cc1. The van der Waals surface area contributed by atoms with E-state index in [1.54, 1.807) is 20.3 Å². The second-order valence-electron chi connectivity index (χ2n) is 11.2. The number of likely N-dealkylation sites (tertiary alicyclic amines) is 1. The number of nitrogens with zero attached hydrogens (tertiary/aromatic N) is 1. The smallest absolute Gasteiger partial charge is 0.328 e. The van der Waals surface area contributed by atoms with Crippen LogP contribution in [0, 0.1) is 0 Å². The van der Waals surface area contributed by atoms with Gasteiger partial charge >= 0.3 is 11.9 Å². The van der Waals surface area contributed by atoms with E-state index in [0.29, 0.717) is 25.3 Å². The topological polar surface area (TPSA) is 128 Å². The van der Waals surface area contributed by atoms with Crippen LogP contribution in [0.4, 0.5) is 0 Å². The number of methoxy groups -OCH3 is 1. The molecule has 5 rings (SSSR count). The number of ether oxygens (including phenoxy) is 3. The number of esters is 1. The second kappa shape index (κ2) is 16.0. The van der Waals surface area contributed by atoms with Crippen molar-refractivity contribution < 1.29 is 33.7 Å². The Labute approximate surface area is 258 Å². The summed E-state index contributed by atoms with van der Waals surface area (Å²) in [5.74, 6) is 0.121. The molecule has 0 spiro atoms. The minimum Gasteiger partial charge on any atom is -0.492 e. The molecule has 0 saturated carbocycles. The van der Waals surface area contributed by atoms with E-state index in [4.69, 9.17) is 20.3 Å². The maximum Gasteiger partial charge on any atom is 0.328 e. The highest BCUT2D eigenvalue weighted by molar-refractivity contribution is 5.79. The maximum atomic E-state index is 12.4. The predicted molar refractivity (Wildman–Crippen MR) is 167 cm³/mol. The van der Waals surface area contributed by atoms with E-state index in [9.17, 15) is 14.4 Å². The predicted octanol–water partition coefficient (Wildman–Crippen LogP) is 4.91. The lowest BCUT2D eigenvalue weighted by atomic mass is 9.69. The van der Waals surface area contributed by atoms with Gasteiger partial charge in [0.1, 0.15) is 24.1 Å². The molecule has 0 radical (unpaired) electrons. The first-order valence-electron chi connectivity index (χ1n) is 15.1. The Balaban J connectivity index is 0.00000141.